The number of amides is 1. The van der Waals surface area contributed by atoms with Crippen LogP contribution in [0.15, 0.2) is 42.6 Å². The summed E-state index contributed by atoms with van der Waals surface area (Å²) < 4.78 is 0. The van der Waals surface area contributed by atoms with Crippen LogP contribution in [0.2, 0.25) is 0 Å². The molecule has 1 aliphatic heterocycles. The van der Waals surface area contributed by atoms with Gasteiger partial charge in [0.25, 0.3) is 0 Å². The van der Waals surface area contributed by atoms with Gasteiger partial charge in [0.15, 0.2) is 5.82 Å². The van der Waals surface area contributed by atoms with Crippen LogP contribution in [0.4, 0.5) is 11.5 Å². The van der Waals surface area contributed by atoms with E-state index in [1.807, 2.05) is 24.3 Å². The largest absolute Gasteiger partial charge is 0.373 e. The second kappa shape index (κ2) is 4.44. The molecular weight excluding hydrogens is 228 g/mol. The van der Waals surface area contributed by atoms with E-state index in [0.29, 0.717) is 12.2 Å². The van der Waals surface area contributed by atoms with Gasteiger partial charge in [0, 0.05) is 18.3 Å². The standard InChI is InChI=1S/C13H12N4O/c18-13(16-12-6-3-7-14-17-12)11-8-9-4-1-2-5-10(9)15-11/h1-7,11,15H,8H2,(H,16,17,18). The van der Waals surface area contributed by atoms with E-state index < -0.39 is 0 Å². The first-order valence-electron chi connectivity index (χ1n) is 5.76. The molecule has 1 atom stereocenters. The van der Waals surface area contributed by atoms with E-state index in [-0.39, 0.29) is 11.9 Å². The summed E-state index contributed by atoms with van der Waals surface area (Å²) in [7, 11) is 0. The monoisotopic (exact) mass is 240 g/mol. The van der Waals surface area contributed by atoms with Gasteiger partial charge in [-0.05, 0) is 23.8 Å². The van der Waals surface area contributed by atoms with E-state index in [0.717, 1.165) is 11.3 Å². The molecule has 2 heterocycles. The van der Waals surface area contributed by atoms with Crippen molar-refractivity contribution in [3.63, 3.8) is 0 Å². The SMILES string of the molecule is O=C(Nc1cccnn1)C1Cc2ccccc2N1. The number of rotatable bonds is 2. The maximum atomic E-state index is 12.0. The number of hydrogen-bond donors (Lipinski definition) is 2. The molecular formula is C13H12N4O. The van der Waals surface area contributed by atoms with Crippen LogP contribution in [-0.4, -0.2) is 22.1 Å². The highest BCUT2D eigenvalue weighted by atomic mass is 16.2. The number of nitrogens with one attached hydrogen (secondary N) is 2. The quantitative estimate of drug-likeness (QED) is 0.833. The van der Waals surface area contributed by atoms with Crippen LogP contribution in [0, 0.1) is 0 Å². The number of fused-ring (bicyclic) bond motifs is 1. The number of benzene rings is 1. The van der Waals surface area contributed by atoms with Gasteiger partial charge in [-0.2, -0.15) is 5.10 Å². The van der Waals surface area contributed by atoms with E-state index in [2.05, 4.69) is 20.8 Å². The fourth-order valence-corrected chi connectivity index (χ4v) is 2.04. The third-order valence-corrected chi connectivity index (χ3v) is 2.91. The van der Waals surface area contributed by atoms with Crippen molar-refractivity contribution < 1.29 is 4.79 Å². The first-order chi connectivity index (χ1) is 8.83. The maximum Gasteiger partial charge on any atom is 0.248 e. The van der Waals surface area contributed by atoms with Crippen molar-refractivity contribution in [3.05, 3.63) is 48.2 Å². The summed E-state index contributed by atoms with van der Waals surface area (Å²) in [5.41, 5.74) is 2.19. The molecule has 0 bridgehead atoms. The Morgan fingerprint density at radius 3 is 2.94 bits per heavy atom. The van der Waals surface area contributed by atoms with Crippen LogP contribution < -0.4 is 10.6 Å². The van der Waals surface area contributed by atoms with Crippen molar-refractivity contribution in [2.24, 2.45) is 0 Å². The minimum atomic E-state index is -0.246. The van der Waals surface area contributed by atoms with Gasteiger partial charge in [0.1, 0.15) is 6.04 Å². The molecule has 90 valence electrons. The van der Waals surface area contributed by atoms with Crippen molar-refractivity contribution in [3.8, 4) is 0 Å². The van der Waals surface area contributed by atoms with E-state index in [1.54, 1.807) is 18.3 Å². The molecule has 0 radical (unpaired) electrons. The molecule has 18 heavy (non-hydrogen) atoms. The van der Waals surface area contributed by atoms with Crippen molar-refractivity contribution in [2.45, 2.75) is 12.5 Å². The Labute approximate surface area is 104 Å². The normalized spacial score (nSPS) is 16.8. The first-order valence-corrected chi connectivity index (χ1v) is 5.76. The molecule has 2 aromatic rings. The smallest absolute Gasteiger partial charge is 0.248 e. The van der Waals surface area contributed by atoms with Gasteiger partial charge in [-0.25, -0.2) is 0 Å². The van der Waals surface area contributed by atoms with Crippen LogP contribution in [0.25, 0.3) is 0 Å². The lowest BCUT2D eigenvalue weighted by Crippen LogP contribution is -2.33. The second-order valence-electron chi connectivity index (χ2n) is 4.16. The molecule has 0 saturated carbocycles. The lowest BCUT2D eigenvalue weighted by atomic mass is 10.1. The maximum absolute atomic E-state index is 12.0. The highest BCUT2D eigenvalue weighted by Crippen LogP contribution is 2.25. The van der Waals surface area contributed by atoms with Gasteiger partial charge in [-0.15, -0.1) is 5.10 Å². The summed E-state index contributed by atoms with van der Waals surface area (Å²) in [6, 6.07) is 11.1. The molecule has 2 N–H and O–H groups in total. The van der Waals surface area contributed by atoms with Crippen molar-refractivity contribution in [2.75, 3.05) is 10.6 Å². The van der Waals surface area contributed by atoms with Crippen LogP contribution in [0.3, 0.4) is 0 Å². The molecule has 1 unspecified atom stereocenters. The number of carbonyl (C=O) groups excluding carboxylic acids is 1. The summed E-state index contributed by atoms with van der Waals surface area (Å²) in [6.07, 6.45) is 2.27. The molecule has 0 aliphatic carbocycles. The van der Waals surface area contributed by atoms with Crippen LogP contribution in [0.1, 0.15) is 5.56 Å². The minimum absolute atomic E-state index is 0.0910. The highest BCUT2D eigenvalue weighted by Gasteiger charge is 2.26. The number of nitrogens with zero attached hydrogens (tertiary/aromatic N) is 2. The van der Waals surface area contributed by atoms with Crippen LogP contribution in [0.5, 0.6) is 0 Å². The highest BCUT2D eigenvalue weighted by molar-refractivity contribution is 5.97. The molecule has 1 amide bonds. The van der Waals surface area contributed by atoms with Gasteiger partial charge in [-0.3, -0.25) is 4.79 Å². The number of carbonyl (C=O) groups is 1. The molecule has 1 aromatic heterocycles. The molecule has 0 spiro atoms. The summed E-state index contributed by atoms with van der Waals surface area (Å²) in [5, 5.41) is 13.5. The average molecular weight is 240 g/mol. The lowest BCUT2D eigenvalue weighted by molar-refractivity contribution is -0.116. The Morgan fingerprint density at radius 2 is 2.17 bits per heavy atom. The second-order valence-corrected chi connectivity index (χ2v) is 4.16. The zero-order valence-electron chi connectivity index (χ0n) is 9.63. The zero-order chi connectivity index (χ0) is 12.4. The van der Waals surface area contributed by atoms with Gasteiger partial charge in [0.2, 0.25) is 5.91 Å². The van der Waals surface area contributed by atoms with Gasteiger partial charge in [0.05, 0.1) is 0 Å². The third kappa shape index (κ3) is 2.02. The summed E-state index contributed by atoms with van der Waals surface area (Å²) >= 11 is 0. The van der Waals surface area contributed by atoms with Gasteiger partial charge < -0.3 is 10.6 Å². The fourth-order valence-electron chi connectivity index (χ4n) is 2.04. The number of anilines is 2. The Bertz CT molecular complexity index is 545. The van der Waals surface area contributed by atoms with Crippen LogP contribution >= 0.6 is 0 Å². The van der Waals surface area contributed by atoms with E-state index >= 15 is 0 Å². The van der Waals surface area contributed by atoms with Crippen LogP contribution in [-0.2, 0) is 11.2 Å². The zero-order valence-corrected chi connectivity index (χ0v) is 9.63. The van der Waals surface area contributed by atoms with Gasteiger partial charge in [-0.1, -0.05) is 18.2 Å². The van der Waals surface area contributed by atoms with E-state index in [9.17, 15) is 4.79 Å². The topological polar surface area (TPSA) is 66.9 Å². The fraction of sp³-hybridized carbons (Fsp3) is 0.154. The first kappa shape index (κ1) is 10.7. The predicted octanol–water partition coefficient (Wildman–Crippen LogP) is 1.45. The molecule has 5 heteroatoms. The Kier molecular flexibility index (Phi) is 2.64. The molecule has 5 nitrogen and oxygen atoms in total. The number of para-hydroxylation sites is 1. The molecule has 1 aromatic carbocycles. The molecule has 0 fully saturated rings. The molecule has 3 rings (SSSR count). The van der Waals surface area contributed by atoms with Crippen molar-refractivity contribution in [1.82, 2.24) is 10.2 Å². The Balaban J connectivity index is 1.70. The minimum Gasteiger partial charge on any atom is -0.373 e. The van der Waals surface area contributed by atoms with Gasteiger partial charge >= 0.3 is 0 Å². The molecule has 0 saturated heterocycles. The third-order valence-electron chi connectivity index (χ3n) is 2.91. The lowest BCUT2D eigenvalue weighted by Gasteiger charge is -2.10. The summed E-state index contributed by atoms with van der Waals surface area (Å²) in [6.45, 7) is 0. The summed E-state index contributed by atoms with van der Waals surface area (Å²) in [5.74, 6) is 0.381. The van der Waals surface area contributed by atoms with Crippen molar-refractivity contribution >= 4 is 17.4 Å². The molecule has 1 aliphatic rings. The Hall–Kier alpha value is -2.43. The van der Waals surface area contributed by atoms with E-state index in [4.69, 9.17) is 0 Å². The average Bonchev–Trinajstić information content (AvgIpc) is 2.84. The van der Waals surface area contributed by atoms with E-state index in [1.165, 1.54) is 0 Å². The predicted molar refractivity (Wildman–Crippen MR) is 68.2 cm³/mol. The summed E-state index contributed by atoms with van der Waals surface area (Å²) in [4.78, 5) is 12.0. The number of hydrogen-bond acceptors (Lipinski definition) is 4. The number of aromatic nitrogens is 2. The van der Waals surface area contributed by atoms with Crippen molar-refractivity contribution in [1.29, 1.82) is 0 Å². The Morgan fingerprint density at radius 1 is 1.28 bits per heavy atom.